The van der Waals surface area contributed by atoms with Crippen LogP contribution in [0.3, 0.4) is 0 Å². The van der Waals surface area contributed by atoms with Crippen molar-refractivity contribution in [3.05, 3.63) is 41.4 Å². The van der Waals surface area contributed by atoms with Crippen molar-refractivity contribution < 1.29 is 19.4 Å². The molecule has 0 spiro atoms. The first-order valence-corrected chi connectivity index (χ1v) is 11.3. The minimum Gasteiger partial charge on any atom is -0.480 e. The van der Waals surface area contributed by atoms with Crippen molar-refractivity contribution >= 4 is 45.1 Å². The van der Waals surface area contributed by atoms with Crippen LogP contribution in [-0.2, 0) is 11.2 Å². The molecule has 2 aliphatic heterocycles. The predicted molar refractivity (Wildman–Crippen MR) is 118 cm³/mol. The highest BCUT2D eigenvalue weighted by Crippen LogP contribution is 2.34. The maximum Gasteiger partial charge on any atom is 0.324 e. The van der Waals surface area contributed by atoms with E-state index in [-0.39, 0.29) is 13.2 Å². The molecule has 0 saturated carbocycles. The Hall–Kier alpha value is -2.62. The van der Waals surface area contributed by atoms with Gasteiger partial charge >= 0.3 is 5.97 Å². The van der Waals surface area contributed by atoms with Crippen molar-refractivity contribution in [3.8, 4) is 11.5 Å². The van der Waals surface area contributed by atoms with Crippen LogP contribution in [0.2, 0.25) is 0 Å². The number of anilines is 1. The topological polar surface area (TPSA) is 96.8 Å². The summed E-state index contributed by atoms with van der Waals surface area (Å²) in [6, 6.07) is 7.75. The van der Waals surface area contributed by atoms with Crippen LogP contribution >= 0.6 is 22.9 Å². The quantitative estimate of drug-likeness (QED) is 0.427. The summed E-state index contributed by atoms with van der Waals surface area (Å²) < 4.78 is 10.7. The van der Waals surface area contributed by atoms with Crippen LogP contribution in [0.5, 0.6) is 11.5 Å². The molecule has 31 heavy (non-hydrogen) atoms. The van der Waals surface area contributed by atoms with E-state index >= 15 is 0 Å². The minimum absolute atomic E-state index is 0.232. The summed E-state index contributed by atoms with van der Waals surface area (Å²) in [4.78, 5) is 24.0. The number of hydrogen-bond donors (Lipinski definition) is 2. The first kappa shape index (κ1) is 20.3. The van der Waals surface area contributed by atoms with Gasteiger partial charge in [-0.1, -0.05) is 17.7 Å². The van der Waals surface area contributed by atoms with Crippen LogP contribution in [0, 0.1) is 0 Å². The van der Waals surface area contributed by atoms with E-state index in [1.807, 2.05) is 34.5 Å². The van der Waals surface area contributed by atoms with Gasteiger partial charge in [-0.2, -0.15) is 0 Å². The van der Waals surface area contributed by atoms with E-state index < -0.39 is 17.0 Å². The van der Waals surface area contributed by atoms with Gasteiger partial charge in [0.2, 0.25) is 12.7 Å². The number of halogens is 1. The molecule has 2 unspecified atom stereocenters. The number of benzene rings is 1. The van der Waals surface area contributed by atoms with Crippen molar-refractivity contribution in [2.45, 2.75) is 30.3 Å². The molecule has 2 aliphatic rings. The van der Waals surface area contributed by atoms with Crippen LogP contribution < -0.4 is 19.7 Å². The minimum atomic E-state index is -1.09. The summed E-state index contributed by atoms with van der Waals surface area (Å²) in [5, 5.41) is 16.2. The zero-order valence-corrected chi connectivity index (χ0v) is 18.2. The third-order valence-electron chi connectivity index (χ3n) is 5.81. The third-order valence-corrected chi connectivity index (χ3v) is 7.02. The lowest BCUT2D eigenvalue weighted by Crippen LogP contribution is -2.61. The molecule has 3 aromatic rings. The van der Waals surface area contributed by atoms with Crippen LogP contribution in [-0.4, -0.2) is 52.0 Å². The molecule has 2 aromatic heterocycles. The highest BCUT2D eigenvalue weighted by molar-refractivity contribution is 7.16. The lowest BCUT2D eigenvalue weighted by molar-refractivity contribution is -0.146. The number of rotatable bonds is 6. The Balaban J connectivity index is 1.25. The Kier molecular flexibility index (Phi) is 5.33. The number of nitrogens with one attached hydrogen (secondary N) is 1. The molecule has 5 rings (SSSR count). The van der Waals surface area contributed by atoms with Gasteiger partial charge in [0.1, 0.15) is 15.9 Å². The molecule has 0 aliphatic carbocycles. The molecule has 1 aromatic carbocycles. The van der Waals surface area contributed by atoms with Crippen molar-refractivity contribution in [2.24, 2.45) is 0 Å². The Bertz CT molecular complexity index is 1130. The highest BCUT2D eigenvalue weighted by Gasteiger charge is 2.45. The SMILES string of the molecule is O=C(O)C1(NCCc2ccc3c(c2)OCO3)CCN(c2ncc3ccsc3n2)C(Cl)C1. The molecule has 0 radical (unpaired) electrons. The highest BCUT2D eigenvalue weighted by atomic mass is 35.5. The normalized spacial score (nSPS) is 22.7. The fraction of sp³-hybridized carbons (Fsp3) is 0.381. The number of aromatic nitrogens is 2. The summed E-state index contributed by atoms with van der Waals surface area (Å²) in [5.41, 5.74) is -0.568. The monoisotopic (exact) mass is 460 g/mol. The van der Waals surface area contributed by atoms with Crippen molar-refractivity contribution in [3.63, 3.8) is 0 Å². The third kappa shape index (κ3) is 3.88. The van der Waals surface area contributed by atoms with Gasteiger partial charge in [-0.05, 0) is 42.0 Å². The van der Waals surface area contributed by atoms with E-state index in [1.54, 1.807) is 17.5 Å². The number of fused-ring (bicyclic) bond motifs is 2. The number of nitrogens with zero attached hydrogens (tertiary/aromatic N) is 3. The van der Waals surface area contributed by atoms with E-state index in [0.717, 1.165) is 27.3 Å². The number of ether oxygens (including phenoxy) is 2. The standard InChI is InChI=1S/C21H21ClN4O4S/c22-17-10-21(19(27)28,24-6-3-13-1-2-15-16(9-13)30-12-29-15)5-7-26(17)20-23-11-14-4-8-31-18(14)25-20/h1-2,4,8-9,11,17,24H,3,5-7,10,12H2,(H,27,28). The largest absolute Gasteiger partial charge is 0.480 e. The van der Waals surface area contributed by atoms with Crippen LogP contribution in [0.1, 0.15) is 18.4 Å². The number of carbonyl (C=O) groups is 1. The first-order chi connectivity index (χ1) is 15.0. The molecule has 162 valence electrons. The van der Waals surface area contributed by atoms with Gasteiger partial charge < -0.3 is 24.8 Å². The molecular weight excluding hydrogens is 440 g/mol. The van der Waals surface area contributed by atoms with Gasteiger partial charge in [-0.25, -0.2) is 9.97 Å². The van der Waals surface area contributed by atoms with E-state index in [4.69, 9.17) is 21.1 Å². The number of hydrogen-bond acceptors (Lipinski definition) is 8. The fourth-order valence-corrected chi connectivity index (χ4v) is 5.22. The Morgan fingerprint density at radius 1 is 1.35 bits per heavy atom. The molecule has 0 amide bonds. The van der Waals surface area contributed by atoms with Crippen molar-refractivity contribution in [1.29, 1.82) is 0 Å². The van der Waals surface area contributed by atoms with Crippen LogP contribution in [0.15, 0.2) is 35.8 Å². The van der Waals surface area contributed by atoms with E-state index in [1.165, 1.54) is 0 Å². The second kappa shape index (κ2) is 8.14. The first-order valence-electron chi connectivity index (χ1n) is 10.0. The second-order valence-corrected chi connectivity index (χ2v) is 9.08. The molecule has 2 atom stereocenters. The average Bonchev–Trinajstić information content (AvgIpc) is 3.42. The molecule has 1 saturated heterocycles. The zero-order chi connectivity index (χ0) is 21.4. The second-order valence-electron chi connectivity index (χ2n) is 7.68. The van der Waals surface area contributed by atoms with Gasteiger partial charge in [0.15, 0.2) is 11.5 Å². The summed E-state index contributed by atoms with van der Waals surface area (Å²) in [5.74, 6) is 1.11. The maximum absolute atomic E-state index is 12.2. The lowest BCUT2D eigenvalue weighted by Gasteiger charge is -2.42. The molecular formula is C21H21ClN4O4S. The summed E-state index contributed by atoms with van der Waals surface area (Å²) in [7, 11) is 0. The molecule has 4 heterocycles. The molecule has 8 nitrogen and oxygen atoms in total. The van der Waals surface area contributed by atoms with Gasteiger partial charge in [0.05, 0.1) is 0 Å². The zero-order valence-electron chi connectivity index (χ0n) is 16.6. The molecule has 1 fully saturated rings. The van der Waals surface area contributed by atoms with E-state index in [0.29, 0.717) is 31.9 Å². The number of piperidine rings is 1. The van der Waals surface area contributed by atoms with Gasteiger partial charge in [0.25, 0.3) is 0 Å². The maximum atomic E-state index is 12.2. The van der Waals surface area contributed by atoms with E-state index in [2.05, 4.69) is 15.3 Å². The van der Waals surface area contributed by atoms with Crippen molar-refractivity contribution in [2.75, 3.05) is 24.8 Å². The van der Waals surface area contributed by atoms with Crippen molar-refractivity contribution in [1.82, 2.24) is 15.3 Å². The number of carboxylic acids is 1. The average molecular weight is 461 g/mol. The molecule has 2 N–H and O–H groups in total. The Morgan fingerprint density at radius 3 is 3.06 bits per heavy atom. The fourth-order valence-electron chi connectivity index (χ4n) is 4.04. The van der Waals surface area contributed by atoms with Crippen LogP contribution in [0.25, 0.3) is 10.2 Å². The number of carboxylic acid groups (broad SMARTS) is 1. The van der Waals surface area contributed by atoms with Gasteiger partial charge in [0, 0.05) is 31.1 Å². The summed E-state index contributed by atoms with van der Waals surface area (Å²) in [6.45, 7) is 1.19. The van der Waals surface area contributed by atoms with E-state index in [9.17, 15) is 9.90 Å². The van der Waals surface area contributed by atoms with Gasteiger partial charge in [-0.15, -0.1) is 11.3 Å². The number of thiophene rings is 1. The molecule has 10 heteroatoms. The summed E-state index contributed by atoms with van der Waals surface area (Å²) in [6.07, 6.45) is 3.09. The predicted octanol–water partition coefficient (Wildman–Crippen LogP) is 3.24. The Labute approximate surface area is 187 Å². The van der Waals surface area contributed by atoms with Gasteiger partial charge in [-0.3, -0.25) is 4.79 Å². The Morgan fingerprint density at radius 2 is 2.23 bits per heavy atom. The number of aliphatic carboxylic acids is 1. The smallest absolute Gasteiger partial charge is 0.324 e. The number of alkyl halides is 1. The summed E-state index contributed by atoms with van der Waals surface area (Å²) >= 11 is 8.19. The molecule has 0 bridgehead atoms. The lowest BCUT2D eigenvalue weighted by atomic mass is 9.87. The van der Waals surface area contributed by atoms with Crippen LogP contribution in [0.4, 0.5) is 5.95 Å².